The van der Waals surface area contributed by atoms with Crippen molar-refractivity contribution in [1.82, 2.24) is 4.98 Å². The second-order valence-electron chi connectivity index (χ2n) is 3.25. The third-order valence-electron chi connectivity index (χ3n) is 2.12. The molecule has 1 heterocycles. The smallest absolute Gasteiger partial charge is 0.252 e. The molecule has 5 heteroatoms. The van der Waals surface area contributed by atoms with Gasteiger partial charge in [-0.2, -0.15) is 0 Å². The Morgan fingerprint density at radius 1 is 1.62 bits per heavy atom. The fourth-order valence-electron chi connectivity index (χ4n) is 1.05. The number of hydrogen-bond donors (Lipinski definition) is 2. The van der Waals surface area contributed by atoms with E-state index in [2.05, 4.69) is 10.3 Å². The van der Waals surface area contributed by atoms with Gasteiger partial charge in [0, 0.05) is 11.6 Å². The highest BCUT2D eigenvalue weighted by molar-refractivity contribution is 6.03. The van der Waals surface area contributed by atoms with E-state index >= 15 is 0 Å². The SMILES string of the molecule is C/C=C(\C)C(=O)Nc1ncc(N)cc1OC. The molecule has 1 rings (SSSR count). The van der Waals surface area contributed by atoms with E-state index in [0.717, 1.165) is 0 Å². The van der Waals surface area contributed by atoms with Crippen LogP contribution in [0.4, 0.5) is 11.5 Å². The number of allylic oxidation sites excluding steroid dienone is 1. The predicted octanol–water partition coefficient (Wildman–Crippen LogP) is 1.58. The summed E-state index contributed by atoms with van der Waals surface area (Å²) in [5, 5.41) is 2.64. The number of rotatable bonds is 3. The quantitative estimate of drug-likeness (QED) is 0.759. The summed E-state index contributed by atoms with van der Waals surface area (Å²) < 4.78 is 5.06. The number of hydrogen-bond acceptors (Lipinski definition) is 4. The highest BCUT2D eigenvalue weighted by Gasteiger charge is 2.09. The Balaban J connectivity index is 2.93. The predicted molar refractivity (Wildman–Crippen MR) is 63.3 cm³/mol. The number of carbonyl (C=O) groups excluding carboxylic acids is 1. The van der Waals surface area contributed by atoms with Crippen LogP contribution in [0.2, 0.25) is 0 Å². The maximum atomic E-state index is 11.6. The van der Waals surface area contributed by atoms with Crippen LogP contribution in [-0.4, -0.2) is 18.0 Å². The van der Waals surface area contributed by atoms with Crippen molar-refractivity contribution in [2.75, 3.05) is 18.2 Å². The van der Waals surface area contributed by atoms with Crippen LogP contribution in [0.25, 0.3) is 0 Å². The van der Waals surface area contributed by atoms with E-state index < -0.39 is 0 Å². The van der Waals surface area contributed by atoms with Crippen molar-refractivity contribution in [1.29, 1.82) is 0 Å². The van der Waals surface area contributed by atoms with Crippen molar-refractivity contribution in [2.45, 2.75) is 13.8 Å². The van der Waals surface area contributed by atoms with Crippen molar-refractivity contribution >= 4 is 17.4 Å². The minimum Gasteiger partial charge on any atom is -0.493 e. The maximum Gasteiger partial charge on any atom is 0.252 e. The average molecular weight is 221 g/mol. The Morgan fingerprint density at radius 2 is 2.31 bits per heavy atom. The summed E-state index contributed by atoms with van der Waals surface area (Å²) in [5.74, 6) is 0.596. The first-order valence-corrected chi connectivity index (χ1v) is 4.82. The van der Waals surface area contributed by atoms with Crippen molar-refractivity contribution in [3.8, 4) is 5.75 Å². The van der Waals surface area contributed by atoms with Crippen LogP contribution < -0.4 is 15.8 Å². The van der Waals surface area contributed by atoms with Gasteiger partial charge in [-0.15, -0.1) is 0 Å². The van der Waals surface area contributed by atoms with Crippen LogP contribution in [-0.2, 0) is 4.79 Å². The molecule has 0 aliphatic heterocycles. The van der Waals surface area contributed by atoms with E-state index in [4.69, 9.17) is 10.5 Å². The van der Waals surface area contributed by atoms with Crippen molar-refractivity contribution in [3.63, 3.8) is 0 Å². The van der Waals surface area contributed by atoms with Gasteiger partial charge < -0.3 is 15.8 Å². The molecule has 0 saturated heterocycles. The molecule has 3 N–H and O–H groups in total. The Morgan fingerprint density at radius 3 is 2.88 bits per heavy atom. The molecule has 0 saturated carbocycles. The molecule has 0 fully saturated rings. The summed E-state index contributed by atoms with van der Waals surface area (Å²) in [7, 11) is 1.49. The van der Waals surface area contributed by atoms with Crippen molar-refractivity contribution in [2.24, 2.45) is 0 Å². The van der Waals surface area contributed by atoms with Crippen molar-refractivity contribution in [3.05, 3.63) is 23.9 Å². The Hall–Kier alpha value is -2.04. The topological polar surface area (TPSA) is 77.2 Å². The zero-order valence-electron chi connectivity index (χ0n) is 9.57. The van der Waals surface area contributed by atoms with Crippen LogP contribution in [0.15, 0.2) is 23.9 Å². The number of carbonyl (C=O) groups is 1. The number of ether oxygens (including phenoxy) is 1. The number of nitrogens with zero attached hydrogens (tertiary/aromatic N) is 1. The minimum absolute atomic E-state index is 0.210. The van der Waals surface area contributed by atoms with Gasteiger partial charge in [0.1, 0.15) is 0 Å². The molecule has 1 aromatic rings. The summed E-state index contributed by atoms with van der Waals surface area (Å²) >= 11 is 0. The molecule has 5 nitrogen and oxygen atoms in total. The van der Waals surface area contributed by atoms with Gasteiger partial charge in [-0.25, -0.2) is 4.98 Å². The molecule has 86 valence electrons. The summed E-state index contributed by atoms with van der Waals surface area (Å²) in [6.45, 7) is 3.52. The zero-order valence-corrected chi connectivity index (χ0v) is 9.57. The highest BCUT2D eigenvalue weighted by Crippen LogP contribution is 2.23. The van der Waals surface area contributed by atoms with Gasteiger partial charge >= 0.3 is 0 Å². The minimum atomic E-state index is -0.210. The number of nitrogen functional groups attached to an aromatic ring is 1. The number of methoxy groups -OCH3 is 1. The number of anilines is 2. The molecule has 1 aromatic heterocycles. The van der Waals surface area contributed by atoms with Crippen LogP contribution in [0.3, 0.4) is 0 Å². The van der Waals surface area contributed by atoms with Crippen LogP contribution in [0.1, 0.15) is 13.8 Å². The Labute approximate surface area is 94.3 Å². The van der Waals surface area contributed by atoms with E-state index in [0.29, 0.717) is 22.8 Å². The fourth-order valence-corrected chi connectivity index (χ4v) is 1.05. The van der Waals surface area contributed by atoms with Gasteiger partial charge in [-0.3, -0.25) is 4.79 Å². The van der Waals surface area contributed by atoms with Crippen molar-refractivity contribution < 1.29 is 9.53 Å². The van der Waals surface area contributed by atoms with Crippen LogP contribution in [0.5, 0.6) is 5.75 Å². The van der Waals surface area contributed by atoms with E-state index in [1.807, 2.05) is 0 Å². The Kier molecular flexibility index (Phi) is 3.88. The number of aromatic nitrogens is 1. The lowest BCUT2D eigenvalue weighted by Gasteiger charge is -2.09. The molecule has 0 aromatic carbocycles. The standard InChI is InChI=1S/C11H15N3O2/c1-4-7(2)11(15)14-10-9(16-3)5-8(12)6-13-10/h4-6H,12H2,1-3H3,(H,13,14,15)/b7-4+. The summed E-state index contributed by atoms with van der Waals surface area (Å²) in [6, 6.07) is 1.60. The molecule has 0 aliphatic carbocycles. The van der Waals surface area contributed by atoms with Gasteiger partial charge in [0.15, 0.2) is 11.6 Å². The highest BCUT2D eigenvalue weighted by atomic mass is 16.5. The second kappa shape index (κ2) is 5.16. The maximum absolute atomic E-state index is 11.6. The lowest BCUT2D eigenvalue weighted by Crippen LogP contribution is -2.14. The average Bonchev–Trinajstić information content (AvgIpc) is 2.30. The van der Waals surface area contributed by atoms with Gasteiger partial charge in [-0.1, -0.05) is 6.08 Å². The van der Waals surface area contributed by atoms with Gasteiger partial charge in [0.05, 0.1) is 19.0 Å². The largest absolute Gasteiger partial charge is 0.493 e. The van der Waals surface area contributed by atoms with Gasteiger partial charge in [0.2, 0.25) is 0 Å². The molecular weight excluding hydrogens is 206 g/mol. The zero-order chi connectivity index (χ0) is 12.1. The van der Waals surface area contributed by atoms with E-state index in [9.17, 15) is 4.79 Å². The fraction of sp³-hybridized carbons (Fsp3) is 0.273. The summed E-state index contributed by atoms with van der Waals surface area (Å²) in [6.07, 6.45) is 3.18. The molecule has 0 atom stereocenters. The number of pyridine rings is 1. The normalized spacial score (nSPS) is 11.1. The molecule has 0 bridgehead atoms. The molecule has 0 radical (unpaired) electrons. The number of amides is 1. The molecule has 0 aliphatic rings. The number of nitrogens with two attached hydrogens (primary N) is 1. The first-order valence-electron chi connectivity index (χ1n) is 4.82. The Bertz CT molecular complexity index is 427. The van der Waals surface area contributed by atoms with E-state index in [-0.39, 0.29) is 5.91 Å². The lowest BCUT2D eigenvalue weighted by molar-refractivity contribution is -0.112. The third-order valence-corrected chi connectivity index (χ3v) is 2.12. The van der Waals surface area contributed by atoms with Gasteiger partial charge in [0.25, 0.3) is 5.91 Å². The molecule has 0 unspecified atom stereocenters. The first kappa shape index (κ1) is 12.0. The molecule has 0 spiro atoms. The van der Waals surface area contributed by atoms with Crippen LogP contribution in [0, 0.1) is 0 Å². The lowest BCUT2D eigenvalue weighted by atomic mass is 10.2. The second-order valence-corrected chi connectivity index (χ2v) is 3.25. The molecular formula is C11H15N3O2. The monoisotopic (exact) mass is 221 g/mol. The third kappa shape index (κ3) is 2.73. The molecule has 1 amide bonds. The molecule has 16 heavy (non-hydrogen) atoms. The van der Waals surface area contributed by atoms with Gasteiger partial charge in [-0.05, 0) is 13.8 Å². The summed E-state index contributed by atoms with van der Waals surface area (Å²) in [4.78, 5) is 15.6. The van der Waals surface area contributed by atoms with E-state index in [1.165, 1.54) is 13.3 Å². The van der Waals surface area contributed by atoms with E-state index in [1.54, 1.807) is 26.0 Å². The van der Waals surface area contributed by atoms with Crippen LogP contribution >= 0.6 is 0 Å². The first-order chi connectivity index (χ1) is 7.58. The summed E-state index contributed by atoms with van der Waals surface area (Å²) in [5.41, 5.74) is 6.65. The number of nitrogens with one attached hydrogen (secondary N) is 1.